The zero-order valence-electron chi connectivity index (χ0n) is 20.6. The van der Waals surface area contributed by atoms with Gasteiger partial charge >= 0.3 is 0 Å². The lowest BCUT2D eigenvalue weighted by Gasteiger charge is -2.27. The number of aromatic nitrogens is 2. The molecule has 2 aromatic rings. The van der Waals surface area contributed by atoms with Crippen molar-refractivity contribution >= 4 is 32.3 Å². The highest BCUT2D eigenvalue weighted by Crippen LogP contribution is 2.40. The van der Waals surface area contributed by atoms with Crippen molar-refractivity contribution in [3.8, 4) is 0 Å². The first-order valence-corrected chi connectivity index (χ1v) is 12.1. The Bertz CT molecular complexity index is 690. The van der Waals surface area contributed by atoms with E-state index in [4.69, 9.17) is 9.97 Å². The van der Waals surface area contributed by atoms with Gasteiger partial charge < -0.3 is 56.9 Å². The van der Waals surface area contributed by atoms with Crippen LogP contribution in [0.4, 0.5) is 0 Å². The van der Waals surface area contributed by atoms with Gasteiger partial charge in [-0.25, -0.2) is 9.97 Å². The molecule has 2 aromatic heterocycles. The topological polar surface area (TPSA) is 25.8 Å². The van der Waals surface area contributed by atoms with E-state index in [0.29, 0.717) is 0 Å². The van der Waals surface area contributed by atoms with Crippen molar-refractivity contribution in [3.63, 3.8) is 0 Å². The minimum atomic E-state index is 0. The monoisotopic (exact) mass is 680 g/mol. The lowest BCUT2D eigenvalue weighted by molar-refractivity contribution is -0.870. The fourth-order valence-electron chi connectivity index (χ4n) is 3.43. The molecule has 0 N–H and O–H groups in total. The third-order valence-corrected chi connectivity index (χ3v) is 8.15. The fraction of sp³-hybridized carbons (Fsp3) is 0.818. The van der Waals surface area contributed by atoms with Crippen LogP contribution in [0.2, 0.25) is 0 Å². The Kier molecular flexibility index (Phi) is 11.7. The number of hydrogen-bond donors (Lipinski definition) is 0. The molecule has 0 aromatic carbocycles. The Morgan fingerprint density at radius 1 is 0.633 bits per heavy atom. The maximum Gasteiger partial charge on any atom is 0.155 e. The van der Waals surface area contributed by atoms with Crippen LogP contribution in [-0.2, 0) is 10.8 Å². The van der Waals surface area contributed by atoms with Crippen molar-refractivity contribution in [1.29, 1.82) is 0 Å². The van der Waals surface area contributed by atoms with Gasteiger partial charge in [0.25, 0.3) is 0 Å². The first kappa shape index (κ1) is 30.9. The summed E-state index contributed by atoms with van der Waals surface area (Å²) in [6.45, 7) is 11.7. The first-order chi connectivity index (χ1) is 12.6. The third-order valence-electron chi connectivity index (χ3n) is 5.40. The van der Waals surface area contributed by atoms with Crippen molar-refractivity contribution in [3.05, 3.63) is 10.0 Å². The van der Waals surface area contributed by atoms with Crippen LogP contribution < -0.4 is 48.0 Å². The van der Waals surface area contributed by atoms with Gasteiger partial charge in [0, 0.05) is 10.8 Å². The molecular weight excluding hydrogens is 638 g/mol. The maximum absolute atomic E-state index is 5.02. The summed E-state index contributed by atoms with van der Waals surface area (Å²) in [6.07, 6.45) is 4.79. The molecule has 0 amide bonds. The number of fused-ring (bicyclic) bond motifs is 1. The molecule has 0 saturated heterocycles. The number of nitrogens with zero attached hydrogens (tertiary/aromatic N) is 4. The van der Waals surface area contributed by atoms with Crippen LogP contribution in [0.5, 0.6) is 0 Å². The van der Waals surface area contributed by atoms with E-state index >= 15 is 0 Å². The van der Waals surface area contributed by atoms with Crippen LogP contribution in [0, 0.1) is 0 Å². The predicted molar refractivity (Wildman–Crippen MR) is 126 cm³/mol. The zero-order valence-corrected chi connectivity index (χ0v) is 26.6. The van der Waals surface area contributed by atoms with Gasteiger partial charge in [-0.2, -0.15) is 0 Å². The standard InChI is InChI=1S/C22H42N4S2.2HI/c1-21(2,13-11-15-25(5,6)7)19-23-17-18(27-19)24-20(28-17)22(3,4)14-12-16-26(8,9)10;;/h11-16H2,1-10H3;2*1H/q+2;;/p-2. The fourth-order valence-corrected chi connectivity index (χ4v) is 5.73. The van der Waals surface area contributed by atoms with E-state index < -0.39 is 0 Å². The highest BCUT2D eigenvalue weighted by atomic mass is 127. The molecule has 8 heteroatoms. The highest BCUT2D eigenvalue weighted by molar-refractivity contribution is 7.26. The molecule has 2 rings (SSSR count). The van der Waals surface area contributed by atoms with Crippen molar-refractivity contribution in [2.45, 2.75) is 64.2 Å². The van der Waals surface area contributed by atoms with Crippen LogP contribution >= 0.6 is 22.7 Å². The normalized spacial score (nSPS) is 13.3. The second-order valence-corrected chi connectivity index (χ2v) is 13.6. The molecule has 0 radical (unpaired) electrons. The Hall–Kier alpha value is 0.900. The van der Waals surface area contributed by atoms with E-state index in [1.807, 2.05) is 22.7 Å². The second-order valence-electron chi connectivity index (χ2n) is 11.7. The molecule has 0 bridgehead atoms. The maximum atomic E-state index is 5.02. The summed E-state index contributed by atoms with van der Waals surface area (Å²) in [5.74, 6) is 0. The average Bonchev–Trinajstić information content (AvgIpc) is 3.02. The molecule has 0 saturated carbocycles. The molecule has 30 heavy (non-hydrogen) atoms. The summed E-state index contributed by atoms with van der Waals surface area (Å²) in [5.41, 5.74) is 0.251. The lowest BCUT2D eigenvalue weighted by atomic mass is 9.88. The molecule has 0 atom stereocenters. The molecular formula is C22H42I2N4S2. The third kappa shape index (κ3) is 9.41. The Morgan fingerprint density at radius 2 is 0.933 bits per heavy atom. The van der Waals surface area contributed by atoms with Gasteiger partial charge in [0.1, 0.15) is 10.0 Å². The van der Waals surface area contributed by atoms with Gasteiger partial charge in [-0.3, -0.25) is 0 Å². The molecule has 0 aliphatic heterocycles. The van der Waals surface area contributed by atoms with E-state index in [-0.39, 0.29) is 58.8 Å². The number of quaternary nitrogens is 2. The summed E-state index contributed by atoms with van der Waals surface area (Å²) in [4.78, 5) is 12.3. The Morgan fingerprint density at radius 3 is 1.20 bits per heavy atom. The molecule has 176 valence electrons. The minimum absolute atomic E-state index is 0. The average molecular weight is 681 g/mol. The highest BCUT2D eigenvalue weighted by Gasteiger charge is 2.30. The SMILES string of the molecule is CC(C)(CCC[N+](C)(C)C)c1nc2sc(C(C)(C)CCC[N+](C)(C)C)nc2s1.[I-].[I-]. The summed E-state index contributed by atoms with van der Waals surface area (Å²) in [5, 5.41) is 2.49. The lowest BCUT2D eigenvalue weighted by Crippen LogP contribution is -3.00. The Labute approximate surface area is 227 Å². The van der Waals surface area contributed by atoms with Crippen molar-refractivity contribution in [1.82, 2.24) is 9.97 Å². The quantitative estimate of drug-likeness (QED) is 0.245. The van der Waals surface area contributed by atoms with E-state index in [1.165, 1.54) is 48.8 Å². The van der Waals surface area contributed by atoms with Crippen molar-refractivity contribution in [2.75, 3.05) is 55.4 Å². The van der Waals surface area contributed by atoms with Crippen LogP contribution in [0.15, 0.2) is 0 Å². The molecule has 4 nitrogen and oxygen atoms in total. The number of hydrogen-bond acceptors (Lipinski definition) is 4. The van der Waals surface area contributed by atoms with E-state index in [2.05, 4.69) is 70.0 Å². The predicted octanol–water partition coefficient (Wildman–Crippen LogP) is -0.711. The Balaban J connectivity index is 0.00000420. The van der Waals surface area contributed by atoms with E-state index in [9.17, 15) is 0 Å². The van der Waals surface area contributed by atoms with Gasteiger partial charge in [0.2, 0.25) is 0 Å². The minimum Gasteiger partial charge on any atom is -1.00 e. The molecule has 0 spiro atoms. The van der Waals surface area contributed by atoms with Gasteiger partial charge in [0.15, 0.2) is 9.66 Å². The van der Waals surface area contributed by atoms with Crippen molar-refractivity contribution in [2.24, 2.45) is 0 Å². The first-order valence-electron chi connectivity index (χ1n) is 10.5. The van der Waals surface area contributed by atoms with Crippen molar-refractivity contribution < 1.29 is 56.9 Å². The largest absolute Gasteiger partial charge is 1.00 e. The molecule has 0 unspecified atom stereocenters. The smallest absolute Gasteiger partial charge is 0.155 e. The van der Waals surface area contributed by atoms with Gasteiger partial charge in [-0.1, -0.05) is 50.4 Å². The van der Waals surface area contributed by atoms with Gasteiger partial charge in [0.05, 0.1) is 55.4 Å². The number of rotatable bonds is 10. The van der Waals surface area contributed by atoms with E-state index in [0.717, 1.165) is 18.6 Å². The summed E-state index contributed by atoms with van der Waals surface area (Å²) < 4.78 is 2.05. The van der Waals surface area contributed by atoms with Crippen LogP contribution in [0.3, 0.4) is 0 Å². The van der Waals surface area contributed by atoms with Crippen LogP contribution in [0.25, 0.3) is 9.66 Å². The molecule has 0 fully saturated rings. The summed E-state index contributed by atoms with van der Waals surface area (Å²) in [6, 6.07) is 0. The van der Waals surface area contributed by atoms with Gasteiger partial charge in [-0.05, 0) is 25.7 Å². The van der Waals surface area contributed by atoms with E-state index in [1.54, 1.807) is 0 Å². The van der Waals surface area contributed by atoms with Crippen LogP contribution in [0.1, 0.15) is 63.4 Å². The van der Waals surface area contributed by atoms with Gasteiger partial charge in [-0.15, -0.1) is 0 Å². The number of halogens is 2. The summed E-state index contributed by atoms with van der Waals surface area (Å²) in [7, 11) is 13.6. The number of thiazole rings is 2. The molecule has 0 aliphatic carbocycles. The van der Waals surface area contributed by atoms with Crippen LogP contribution in [-0.4, -0.2) is 74.3 Å². The second kappa shape index (κ2) is 11.4. The zero-order chi connectivity index (χ0) is 21.4. The summed E-state index contributed by atoms with van der Waals surface area (Å²) >= 11 is 3.61. The molecule has 2 heterocycles. The molecule has 0 aliphatic rings.